The minimum Gasteiger partial charge on any atom is -0.357 e. The van der Waals surface area contributed by atoms with Crippen LogP contribution in [0.5, 0.6) is 0 Å². The number of aliphatic imine (C=N–C) groups is 1. The van der Waals surface area contributed by atoms with Crippen molar-refractivity contribution in [2.45, 2.75) is 37.6 Å². The first kappa shape index (κ1) is 22.3. The molecule has 1 saturated heterocycles. The van der Waals surface area contributed by atoms with Gasteiger partial charge in [0.2, 0.25) is 0 Å². The fourth-order valence-corrected chi connectivity index (χ4v) is 4.60. The molecule has 2 aliphatic rings. The maximum atomic E-state index is 4.63. The van der Waals surface area contributed by atoms with Gasteiger partial charge in [-0.25, -0.2) is 4.98 Å². The van der Waals surface area contributed by atoms with Crippen molar-refractivity contribution < 1.29 is 0 Å². The molecule has 1 aliphatic carbocycles. The highest BCUT2D eigenvalue weighted by molar-refractivity contribution is 14.0. The van der Waals surface area contributed by atoms with E-state index in [4.69, 9.17) is 0 Å². The molecule has 1 saturated carbocycles. The summed E-state index contributed by atoms with van der Waals surface area (Å²) < 4.78 is 1.20. The predicted molar refractivity (Wildman–Crippen MR) is 134 cm³/mol. The van der Waals surface area contributed by atoms with Crippen molar-refractivity contribution >= 4 is 51.7 Å². The van der Waals surface area contributed by atoms with Crippen molar-refractivity contribution in [1.82, 2.24) is 15.6 Å². The molecule has 0 spiro atoms. The van der Waals surface area contributed by atoms with Crippen molar-refractivity contribution in [2.24, 2.45) is 4.99 Å². The van der Waals surface area contributed by atoms with Gasteiger partial charge in [-0.1, -0.05) is 40.2 Å². The topological polar surface area (TPSA) is 52.6 Å². The van der Waals surface area contributed by atoms with Crippen LogP contribution in [0.3, 0.4) is 0 Å². The first-order valence-electron chi connectivity index (χ1n) is 10.1. The molecule has 2 fully saturated rings. The van der Waals surface area contributed by atoms with Crippen LogP contribution in [0.15, 0.2) is 52.1 Å². The van der Waals surface area contributed by atoms with E-state index in [1.54, 1.807) is 0 Å². The van der Waals surface area contributed by atoms with E-state index in [0.717, 1.165) is 43.5 Å². The molecule has 4 rings (SSSR count). The summed E-state index contributed by atoms with van der Waals surface area (Å²) in [5.41, 5.74) is 2.77. The summed E-state index contributed by atoms with van der Waals surface area (Å²) in [6, 6.07) is 12.8. The van der Waals surface area contributed by atoms with E-state index in [-0.39, 0.29) is 29.4 Å². The van der Waals surface area contributed by atoms with Crippen molar-refractivity contribution in [3.8, 4) is 0 Å². The number of hydrogen-bond acceptors (Lipinski definition) is 3. The van der Waals surface area contributed by atoms with Gasteiger partial charge in [-0.05, 0) is 48.9 Å². The van der Waals surface area contributed by atoms with E-state index in [0.29, 0.717) is 0 Å². The molecule has 5 nitrogen and oxygen atoms in total. The number of anilines is 1. The molecule has 0 atom stereocenters. The molecule has 2 heterocycles. The zero-order valence-corrected chi connectivity index (χ0v) is 20.7. The predicted octanol–water partition coefficient (Wildman–Crippen LogP) is 4.46. The highest BCUT2D eigenvalue weighted by Gasteiger charge is 2.45. The van der Waals surface area contributed by atoms with Crippen LogP contribution in [-0.4, -0.2) is 37.6 Å². The van der Waals surface area contributed by atoms with Crippen LogP contribution in [0, 0.1) is 0 Å². The highest BCUT2D eigenvalue weighted by Crippen LogP contribution is 2.49. The third-order valence-corrected chi connectivity index (χ3v) is 6.51. The van der Waals surface area contributed by atoms with Crippen LogP contribution in [0.25, 0.3) is 0 Å². The summed E-state index contributed by atoms with van der Waals surface area (Å²) in [4.78, 5) is 11.4. The average Bonchev–Trinajstić information content (AvgIpc) is 3.31. The minimum atomic E-state index is 0. The molecular formula is C22H29BrIN5. The second-order valence-electron chi connectivity index (χ2n) is 7.76. The number of aromatic nitrogens is 1. The second-order valence-corrected chi connectivity index (χ2v) is 8.61. The van der Waals surface area contributed by atoms with Crippen LogP contribution in [0.1, 0.15) is 36.8 Å². The van der Waals surface area contributed by atoms with Crippen LogP contribution in [0.2, 0.25) is 0 Å². The molecule has 0 unspecified atom stereocenters. The van der Waals surface area contributed by atoms with Gasteiger partial charge in [0.05, 0.1) is 0 Å². The third-order valence-electron chi connectivity index (χ3n) is 5.82. The van der Waals surface area contributed by atoms with Gasteiger partial charge in [0.1, 0.15) is 5.82 Å². The Kier molecular flexibility index (Phi) is 7.79. The second kappa shape index (κ2) is 10.1. The average molecular weight is 570 g/mol. The Morgan fingerprint density at radius 3 is 2.52 bits per heavy atom. The molecule has 0 bridgehead atoms. The molecular weight excluding hydrogens is 541 g/mol. The van der Waals surface area contributed by atoms with Crippen molar-refractivity contribution in [2.75, 3.05) is 31.6 Å². The van der Waals surface area contributed by atoms with Crippen molar-refractivity contribution in [3.63, 3.8) is 0 Å². The summed E-state index contributed by atoms with van der Waals surface area (Å²) in [5, 5.41) is 6.93. The zero-order chi connectivity index (χ0) is 19.4. The molecule has 1 aliphatic heterocycles. The number of benzene rings is 1. The molecule has 0 amide bonds. The number of hydrogen-bond donors (Lipinski definition) is 2. The number of pyridine rings is 1. The Hall–Kier alpha value is -1.35. The largest absolute Gasteiger partial charge is 0.357 e. The van der Waals surface area contributed by atoms with Crippen molar-refractivity contribution in [1.29, 1.82) is 0 Å². The summed E-state index contributed by atoms with van der Waals surface area (Å²) in [6.07, 6.45) is 6.93. The molecule has 1 aromatic carbocycles. The SMILES string of the molecule is CN=C(NCc1ccc(N2CCCC2)nc1)NCC1(c2ccccc2Br)CC1.I. The first-order valence-corrected chi connectivity index (χ1v) is 10.9. The lowest BCUT2D eigenvalue weighted by Gasteiger charge is -2.20. The number of nitrogens with zero attached hydrogens (tertiary/aromatic N) is 3. The van der Waals surface area contributed by atoms with Gasteiger partial charge < -0.3 is 15.5 Å². The molecule has 2 aromatic rings. The smallest absolute Gasteiger partial charge is 0.191 e. The summed E-state index contributed by atoms with van der Waals surface area (Å²) in [7, 11) is 1.82. The van der Waals surface area contributed by atoms with Gasteiger partial charge in [0.15, 0.2) is 5.96 Å². The minimum absolute atomic E-state index is 0. The first-order chi connectivity index (χ1) is 13.7. The molecule has 2 N–H and O–H groups in total. The molecule has 29 heavy (non-hydrogen) atoms. The standard InChI is InChI=1S/C22H28BrN5.HI/c1-24-21(27-16-22(10-11-22)18-6-2-3-7-19(18)23)26-15-17-8-9-20(25-14-17)28-12-4-5-13-28;/h2-3,6-9,14H,4-5,10-13,15-16H2,1H3,(H2,24,26,27);1H. The Balaban J connectivity index is 0.00000240. The Bertz CT molecular complexity index is 829. The maximum absolute atomic E-state index is 4.63. The normalized spacial score (nSPS) is 17.6. The zero-order valence-electron chi connectivity index (χ0n) is 16.8. The lowest BCUT2D eigenvalue weighted by Crippen LogP contribution is -2.41. The fourth-order valence-electron chi connectivity index (χ4n) is 3.90. The van der Waals surface area contributed by atoms with Crippen LogP contribution in [0.4, 0.5) is 5.82 Å². The number of guanidine groups is 1. The van der Waals surface area contributed by atoms with Gasteiger partial charge in [0.25, 0.3) is 0 Å². The number of nitrogens with one attached hydrogen (secondary N) is 2. The van der Waals surface area contributed by atoms with Gasteiger partial charge in [-0.2, -0.15) is 0 Å². The number of halogens is 2. The van der Waals surface area contributed by atoms with Gasteiger partial charge in [0, 0.05) is 49.3 Å². The van der Waals surface area contributed by atoms with E-state index in [1.807, 2.05) is 13.2 Å². The summed E-state index contributed by atoms with van der Waals surface area (Å²) in [6.45, 7) is 3.86. The highest BCUT2D eigenvalue weighted by atomic mass is 127. The van der Waals surface area contributed by atoms with E-state index >= 15 is 0 Å². The van der Waals surface area contributed by atoms with E-state index in [9.17, 15) is 0 Å². The fraction of sp³-hybridized carbons (Fsp3) is 0.455. The molecule has 7 heteroatoms. The third kappa shape index (κ3) is 5.42. The quantitative estimate of drug-likeness (QED) is 0.306. The maximum Gasteiger partial charge on any atom is 0.191 e. The summed E-state index contributed by atoms with van der Waals surface area (Å²) >= 11 is 3.70. The van der Waals surface area contributed by atoms with Gasteiger partial charge >= 0.3 is 0 Å². The Labute approximate surface area is 198 Å². The molecule has 0 radical (unpaired) electrons. The van der Waals surface area contributed by atoms with Crippen LogP contribution < -0.4 is 15.5 Å². The van der Waals surface area contributed by atoms with E-state index < -0.39 is 0 Å². The lowest BCUT2D eigenvalue weighted by molar-refractivity contribution is 0.643. The number of rotatable bonds is 6. The summed E-state index contributed by atoms with van der Waals surface area (Å²) in [5.74, 6) is 1.93. The Morgan fingerprint density at radius 1 is 1.14 bits per heavy atom. The lowest BCUT2D eigenvalue weighted by atomic mass is 9.96. The van der Waals surface area contributed by atoms with E-state index in [2.05, 4.69) is 77.8 Å². The van der Waals surface area contributed by atoms with Gasteiger partial charge in [-0.15, -0.1) is 24.0 Å². The van der Waals surface area contributed by atoms with Gasteiger partial charge in [-0.3, -0.25) is 4.99 Å². The molecule has 156 valence electrons. The molecule has 1 aromatic heterocycles. The van der Waals surface area contributed by atoms with Crippen molar-refractivity contribution in [3.05, 3.63) is 58.2 Å². The Morgan fingerprint density at radius 2 is 1.90 bits per heavy atom. The monoisotopic (exact) mass is 569 g/mol. The van der Waals surface area contributed by atoms with Crippen LogP contribution >= 0.6 is 39.9 Å². The van der Waals surface area contributed by atoms with Crippen LogP contribution in [-0.2, 0) is 12.0 Å². The van der Waals surface area contributed by atoms with E-state index in [1.165, 1.54) is 35.7 Å².